The van der Waals surface area contributed by atoms with Gasteiger partial charge >= 0.3 is 6.09 Å². The summed E-state index contributed by atoms with van der Waals surface area (Å²) in [7, 11) is 1.65. The van der Waals surface area contributed by atoms with Gasteiger partial charge in [-0.15, -0.1) is 11.3 Å². The van der Waals surface area contributed by atoms with Gasteiger partial charge in [-0.3, -0.25) is 5.32 Å². The van der Waals surface area contributed by atoms with Crippen LogP contribution in [0.25, 0.3) is 21.6 Å². The molecule has 4 nitrogen and oxygen atoms in total. The number of aryl methyl sites for hydroxylation is 1. The quantitative estimate of drug-likeness (QED) is 0.256. The summed E-state index contributed by atoms with van der Waals surface area (Å²) < 4.78 is 25.3. The van der Waals surface area contributed by atoms with Crippen molar-refractivity contribution in [2.45, 2.75) is 38.7 Å². The highest BCUT2D eigenvalue weighted by molar-refractivity contribution is 7.20. The zero-order chi connectivity index (χ0) is 26.1. The molecule has 1 saturated carbocycles. The molecule has 1 N–H and O–H groups in total. The van der Waals surface area contributed by atoms with Crippen LogP contribution in [0.4, 0.5) is 14.9 Å². The van der Waals surface area contributed by atoms with Crippen LogP contribution in [0.3, 0.4) is 0 Å². The average Bonchev–Trinajstić information content (AvgIpc) is 3.66. The molecule has 0 bridgehead atoms. The van der Waals surface area contributed by atoms with E-state index in [0.717, 1.165) is 32.9 Å². The van der Waals surface area contributed by atoms with Gasteiger partial charge in [0.05, 0.1) is 22.0 Å². The van der Waals surface area contributed by atoms with Crippen molar-refractivity contribution >= 4 is 34.7 Å². The van der Waals surface area contributed by atoms with E-state index in [1.54, 1.807) is 33.1 Å². The van der Waals surface area contributed by atoms with Crippen molar-refractivity contribution in [3.63, 3.8) is 0 Å². The second-order valence-electron chi connectivity index (χ2n) is 9.28. The van der Waals surface area contributed by atoms with Crippen LogP contribution in [-0.4, -0.2) is 13.2 Å². The van der Waals surface area contributed by atoms with E-state index >= 15 is 0 Å². The molecule has 37 heavy (non-hydrogen) atoms. The molecule has 1 fully saturated rings. The zero-order valence-electron chi connectivity index (χ0n) is 20.8. The molecule has 4 aromatic rings. The minimum absolute atomic E-state index is 0.327. The maximum absolute atomic E-state index is 13.5. The summed E-state index contributed by atoms with van der Waals surface area (Å²) >= 11 is 7.70. The molecular formula is C30H27ClFNO3S. The van der Waals surface area contributed by atoms with E-state index in [0.29, 0.717) is 21.5 Å². The van der Waals surface area contributed by atoms with Crippen LogP contribution in [0.2, 0.25) is 4.34 Å². The molecule has 1 heterocycles. The Morgan fingerprint density at radius 2 is 1.78 bits per heavy atom. The number of thiophene rings is 1. The number of nitrogens with one attached hydrogen (secondary N) is 1. The van der Waals surface area contributed by atoms with Crippen molar-refractivity contribution in [2.75, 3.05) is 12.4 Å². The van der Waals surface area contributed by atoms with Crippen LogP contribution in [0.5, 0.6) is 5.75 Å². The Hall–Kier alpha value is -3.35. The summed E-state index contributed by atoms with van der Waals surface area (Å²) in [5.41, 5.74) is 6.34. The molecule has 1 unspecified atom stereocenters. The molecule has 3 aromatic carbocycles. The standard InChI is InChI=1S/C30H27ClFNO3S/c1-17-14-23(32)11-13-24(17)18(2)36-30(34)33-26-16-28(31)37-29(26)22-10-12-25(27(15-22)35-3)21-8-6-20(7-9-21)19-4-5-19/h6-16,18-19H,4-5H2,1-3H3,(H,33,34). The first-order chi connectivity index (χ1) is 17.8. The first-order valence-electron chi connectivity index (χ1n) is 12.1. The minimum Gasteiger partial charge on any atom is -0.496 e. The lowest BCUT2D eigenvalue weighted by molar-refractivity contribution is 0.121. The van der Waals surface area contributed by atoms with Crippen LogP contribution < -0.4 is 10.1 Å². The molecule has 1 atom stereocenters. The van der Waals surface area contributed by atoms with Gasteiger partial charge in [-0.05, 0) is 84.7 Å². The molecule has 7 heteroatoms. The summed E-state index contributed by atoms with van der Waals surface area (Å²) in [6, 6.07) is 20.7. The number of carbonyl (C=O) groups is 1. The Balaban J connectivity index is 1.36. The summed E-state index contributed by atoms with van der Waals surface area (Å²) in [5.74, 6) is 1.12. The average molecular weight is 536 g/mol. The van der Waals surface area contributed by atoms with Gasteiger partial charge in [-0.25, -0.2) is 9.18 Å². The van der Waals surface area contributed by atoms with Crippen LogP contribution >= 0.6 is 22.9 Å². The predicted molar refractivity (Wildman–Crippen MR) is 148 cm³/mol. The molecule has 1 amide bonds. The maximum atomic E-state index is 13.5. The molecule has 0 saturated heterocycles. The summed E-state index contributed by atoms with van der Waals surface area (Å²) in [5, 5.41) is 2.82. The van der Waals surface area contributed by atoms with Crippen LogP contribution in [0.1, 0.15) is 48.5 Å². The number of hydrogen-bond acceptors (Lipinski definition) is 4. The fraction of sp³-hybridized carbons (Fsp3) is 0.233. The minimum atomic E-state index is -0.619. The Kier molecular flexibility index (Phi) is 7.22. The highest BCUT2D eigenvalue weighted by Gasteiger charge is 2.23. The normalized spacial score (nSPS) is 13.8. The number of ether oxygens (including phenoxy) is 2. The Morgan fingerprint density at radius 1 is 1.05 bits per heavy atom. The second kappa shape index (κ2) is 10.6. The Bertz CT molecular complexity index is 1450. The van der Waals surface area contributed by atoms with Crippen LogP contribution in [0, 0.1) is 12.7 Å². The number of rotatable bonds is 7. The van der Waals surface area contributed by atoms with Crippen LogP contribution in [0.15, 0.2) is 66.7 Å². The lowest BCUT2D eigenvalue weighted by Gasteiger charge is -2.17. The topological polar surface area (TPSA) is 47.6 Å². The highest BCUT2D eigenvalue weighted by atomic mass is 35.5. The number of amides is 1. The third kappa shape index (κ3) is 5.65. The predicted octanol–water partition coefficient (Wildman–Crippen LogP) is 9.38. The summed E-state index contributed by atoms with van der Waals surface area (Å²) in [6.07, 6.45) is 1.38. The fourth-order valence-electron chi connectivity index (χ4n) is 4.55. The van der Waals surface area contributed by atoms with Gasteiger partial charge in [0, 0.05) is 5.56 Å². The number of halogens is 2. The zero-order valence-corrected chi connectivity index (χ0v) is 22.4. The lowest BCUT2D eigenvalue weighted by Crippen LogP contribution is -2.16. The Labute approximate surface area is 225 Å². The second-order valence-corrected chi connectivity index (χ2v) is 11.0. The monoisotopic (exact) mass is 535 g/mol. The van der Waals surface area contributed by atoms with Crippen molar-refractivity contribution in [1.82, 2.24) is 0 Å². The molecule has 1 aromatic heterocycles. The molecule has 1 aliphatic carbocycles. The van der Waals surface area contributed by atoms with E-state index in [2.05, 4.69) is 29.6 Å². The number of anilines is 1. The van der Waals surface area contributed by atoms with Crippen molar-refractivity contribution < 1.29 is 18.7 Å². The SMILES string of the molecule is COc1cc(-c2sc(Cl)cc2NC(=O)OC(C)c2ccc(F)cc2C)ccc1-c1ccc(C2CC2)cc1. The Morgan fingerprint density at radius 3 is 2.46 bits per heavy atom. The maximum Gasteiger partial charge on any atom is 0.412 e. The first kappa shape index (κ1) is 25.3. The largest absolute Gasteiger partial charge is 0.496 e. The fourth-order valence-corrected chi connectivity index (χ4v) is 5.73. The van der Waals surface area contributed by atoms with Crippen molar-refractivity contribution in [2.24, 2.45) is 0 Å². The number of benzene rings is 3. The van der Waals surface area contributed by atoms with Gasteiger partial charge in [0.2, 0.25) is 0 Å². The summed E-state index contributed by atoms with van der Waals surface area (Å²) in [4.78, 5) is 13.5. The van der Waals surface area contributed by atoms with Gasteiger partial charge in [0.25, 0.3) is 0 Å². The third-order valence-corrected chi connectivity index (χ3v) is 7.94. The van der Waals surface area contributed by atoms with Crippen molar-refractivity contribution in [1.29, 1.82) is 0 Å². The van der Waals surface area contributed by atoms with Crippen molar-refractivity contribution in [3.05, 3.63) is 93.6 Å². The molecule has 0 radical (unpaired) electrons. The van der Waals surface area contributed by atoms with Gasteiger partial charge in [0.15, 0.2) is 0 Å². The third-order valence-electron chi connectivity index (χ3n) is 6.63. The van der Waals surface area contributed by atoms with Gasteiger partial charge in [-0.2, -0.15) is 0 Å². The first-order valence-corrected chi connectivity index (χ1v) is 13.3. The van der Waals surface area contributed by atoms with Gasteiger partial charge < -0.3 is 9.47 Å². The van der Waals surface area contributed by atoms with E-state index in [4.69, 9.17) is 21.1 Å². The molecule has 5 rings (SSSR count). The van der Waals surface area contributed by atoms with E-state index in [9.17, 15) is 9.18 Å². The molecule has 1 aliphatic rings. The molecule has 0 aliphatic heterocycles. The van der Waals surface area contributed by atoms with E-state index in [1.807, 2.05) is 18.2 Å². The van der Waals surface area contributed by atoms with Crippen LogP contribution in [-0.2, 0) is 4.74 Å². The number of hydrogen-bond donors (Lipinski definition) is 1. The van der Waals surface area contributed by atoms with E-state index in [-0.39, 0.29) is 5.82 Å². The number of methoxy groups -OCH3 is 1. The molecule has 0 spiro atoms. The van der Waals surface area contributed by atoms with Gasteiger partial charge in [0.1, 0.15) is 17.7 Å². The molecular weight excluding hydrogens is 509 g/mol. The molecule has 190 valence electrons. The number of carbonyl (C=O) groups excluding carboxylic acids is 1. The van der Waals surface area contributed by atoms with E-state index in [1.165, 1.54) is 41.9 Å². The lowest BCUT2D eigenvalue weighted by atomic mass is 9.99. The van der Waals surface area contributed by atoms with E-state index < -0.39 is 12.2 Å². The highest BCUT2D eigenvalue weighted by Crippen LogP contribution is 2.44. The van der Waals surface area contributed by atoms with Crippen molar-refractivity contribution in [3.8, 4) is 27.3 Å². The van der Waals surface area contributed by atoms with Gasteiger partial charge in [-0.1, -0.05) is 54.1 Å². The smallest absolute Gasteiger partial charge is 0.412 e. The summed E-state index contributed by atoms with van der Waals surface area (Å²) in [6.45, 7) is 3.54.